The third-order valence-electron chi connectivity index (χ3n) is 12.2. The first kappa shape index (κ1) is 32.5. The topological polar surface area (TPSA) is 29.3 Å². The van der Waals surface area contributed by atoms with E-state index in [4.69, 9.17) is 9.40 Å². The second kappa shape index (κ2) is 12.3. The summed E-state index contributed by atoms with van der Waals surface area (Å²) in [5.74, 6) is 0.618. The van der Waals surface area contributed by atoms with Crippen LogP contribution in [0.2, 0.25) is 0 Å². The fourth-order valence-electron chi connectivity index (χ4n) is 9.61. The first-order valence-electron chi connectivity index (χ1n) is 19.4. The van der Waals surface area contributed by atoms with E-state index in [-0.39, 0.29) is 5.41 Å². The van der Waals surface area contributed by atoms with E-state index in [1.807, 2.05) is 30.3 Å². The molecule has 0 aliphatic heterocycles. The van der Waals surface area contributed by atoms with Crippen molar-refractivity contribution in [1.82, 2.24) is 4.98 Å². The van der Waals surface area contributed by atoms with Crippen LogP contribution in [0.15, 0.2) is 199 Å². The van der Waals surface area contributed by atoms with Gasteiger partial charge in [-0.2, -0.15) is 0 Å². The van der Waals surface area contributed by atoms with Crippen molar-refractivity contribution in [3.63, 3.8) is 0 Å². The second-order valence-corrected chi connectivity index (χ2v) is 15.5. The molecule has 0 fully saturated rings. The molecule has 0 saturated heterocycles. The molecule has 56 heavy (non-hydrogen) atoms. The highest BCUT2D eigenvalue weighted by molar-refractivity contribution is 5.92. The van der Waals surface area contributed by atoms with Gasteiger partial charge in [0.1, 0.15) is 5.52 Å². The fourth-order valence-corrected chi connectivity index (χ4v) is 9.61. The van der Waals surface area contributed by atoms with Crippen LogP contribution in [0.4, 0.5) is 17.1 Å². The molecule has 0 amide bonds. The van der Waals surface area contributed by atoms with E-state index in [1.54, 1.807) is 0 Å². The third kappa shape index (κ3) is 4.67. The smallest absolute Gasteiger partial charge is 0.227 e. The van der Waals surface area contributed by atoms with Gasteiger partial charge in [-0.15, -0.1) is 0 Å². The van der Waals surface area contributed by atoms with E-state index in [1.165, 1.54) is 55.6 Å². The highest BCUT2D eigenvalue weighted by Gasteiger charge is 2.46. The predicted molar refractivity (Wildman–Crippen MR) is 229 cm³/mol. The van der Waals surface area contributed by atoms with Gasteiger partial charge in [0.25, 0.3) is 0 Å². The van der Waals surface area contributed by atoms with E-state index in [0.29, 0.717) is 5.89 Å². The molecule has 0 bridgehead atoms. The van der Waals surface area contributed by atoms with Crippen molar-refractivity contribution in [3.05, 3.63) is 228 Å². The number of hydrogen-bond donors (Lipinski definition) is 0. The number of anilines is 3. The Hall–Kier alpha value is -6.97. The minimum atomic E-state index is -0.517. The number of oxazole rings is 1. The van der Waals surface area contributed by atoms with Crippen LogP contribution < -0.4 is 4.90 Å². The van der Waals surface area contributed by atoms with Crippen LogP contribution in [0.3, 0.4) is 0 Å². The molecule has 266 valence electrons. The lowest BCUT2D eigenvalue weighted by Gasteiger charge is -2.35. The number of hydrogen-bond acceptors (Lipinski definition) is 3. The summed E-state index contributed by atoms with van der Waals surface area (Å²) < 4.78 is 6.49. The number of benzene rings is 8. The van der Waals surface area contributed by atoms with Gasteiger partial charge in [0.15, 0.2) is 5.58 Å². The molecule has 3 nitrogen and oxygen atoms in total. The first-order valence-corrected chi connectivity index (χ1v) is 19.4. The maximum absolute atomic E-state index is 6.49. The van der Waals surface area contributed by atoms with Crippen LogP contribution >= 0.6 is 0 Å². The molecule has 2 aliphatic rings. The summed E-state index contributed by atoms with van der Waals surface area (Å²) in [5, 5.41) is 0. The molecule has 2 aliphatic carbocycles. The van der Waals surface area contributed by atoms with Crippen molar-refractivity contribution in [3.8, 4) is 33.7 Å². The third-order valence-corrected chi connectivity index (χ3v) is 12.2. The number of fused-ring (bicyclic) bond motifs is 7. The van der Waals surface area contributed by atoms with Crippen LogP contribution in [0.1, 0.15) is 47.2 Å². The normalized spacial score (nSPS) is 14.2. The molecule has 0 saturated carbocycles. The van der Waals surface area contributed by atoms with Gasteiger partial charge in [0, 0.05) is 34.1 Å². The van der Waals surface area contributed by atoms with Gasteiger partial charge in [-0.05, 0) is 104 Å². The molecule has 11 rings (SSSR count). The van der Waals surface area contributed by atoms with Crippen molar-refractivity contribution in [2.45, 2.75) is 24.7 Å². The zero-order chi connectivity index (χ0) is 37.4. The van der Waals surface area contributed by atoms with Crippen LogP contribution in [-0.4, -0.2) is 4.98 Å². The maximum atomic E-state index is 6.49. The SMILES string of the molecule is CC1(C)c2ccccc2-c2ccc(N(c3ccc4c(c3)C(c3ccccc3)(c3ccccc3)c3ccccc3-4)c3ccc4nc(-c5ccccc5)oc4c3)cc21. The van der Waals surface area contributed by atoms with Crippen molar-refractivity contribution < 1.29 is 4.42 Å². The second-order valence-electron chi connectivity index (χ2n) is 15.5. The summed E-state index contributed by atoms with van der Waals surface area (Å²) in [6.07, 6.45) is 0. The van der Waals surface area contributed by atoms with Gasteiger partial charge >= 0.3 is 0 Å². The fraction of sp³-hybridized carbons (Fsp3) is 0.0755. The average Bonchev–Trinajstić information content (AvgIpc) is 3.89. The lowest BCUT2D eigenvalue weighted by Crippen LogP contribution is -2.28. The Morgan fingerprint density at radius 2 is 0.911 bits per heavy atom. The number of aromatic nitrogens is 1. The van der Waals surface area contributed by atoms with Crippen LogP contribution in [0.5, 0.6) is 0 Å². The Balaban J connectivity index is 1.16. The van der Waals surface area contributed by atoms with Crippen LogP contribution in [-0.2, 0) is 10.8 Å². The molecule has 1 aromatic heterocycles. The summed E-state index contributed by atoms with van der Waals surface area (Å²) >= 11 is 0. The highest BCUT2D eigenvalue weighted by atomic mass is 16.3. The van der Waals surface area contributed by atoms with E-state index >= 15 is 0 Å². The van der Waals surface area contributed by atoms with Crippen LogP contribution in [0, 0.1) is 0 Å². The number of nitrogens with zero attached hydrogens (tertiary/aromatic N) is 2. The van der Waals surface area contributed by atoms with Crippen molar-refractivity contribution in [2.24, 2.45) is 0 Å². The molecule has 3 heteroatoms. The quantitative estimate of drug-likeness (QED) is 0.171. The molecule has 0 N–H and O–H groups in total. The Bertz CT molecular complexity index is 2900. The minimum absolute atomic E-state index is 0.150. The van der Waals surface area contributed by atoms with E-state index in [2.05, 4.69) is 183 Å². The summed E-state index contributed by atoms with van der Waals surface area (Å²) in [4.78, 5) is 7.29. The predicted octanol–water partition coefficient (Wildman–Crippen LogP) is 13.6. The molecule has 0 spiro atoms. The number of rotatable bonds is 6. The zero-order valence-corrected chi connectivity index (χ0v) is 31.3. The van der Waals surface area contributed by atoms with Crippen molar-refractivity contribution >= 4 is 28.2 Å². The van der Waals surface area contributed by atoms with E-state index < -0.39 is 5.41 Å². The Morgan fingerprint density at radius 3 is 1.57 bits per heavy atom. The monoisotopic (exact) mass is 718 g/mol. The standard InChI is InChI=1S/C53H38N2O/c1-52(2)45-24-14-12-22-41(45)43-29-26-38(32-47(43)52)55(40-28-31-49-50(34-40)56-51(54-49)35-16-6-3-7-17-35)39-27-30-44-42-23-13-15-25-46(42)53(48(44)33-39,36-18-8-4-9-19-36)37-20-10-5-11-21-37/h3-34H,1-2H3. The van der Waals surface area contributed by atoms with Gasteiger partial charge in [0.2, 0.25) is 5.89 Å². The molecule has 0 atom stereocenters. The Labute approximate surface area is 327 Å². The lowest BCUT2D eigenvalue weighted by molar-refractivity contribution is 0.620. The summed E-state index contributed by atoms with van der Waals surface area (Å²) in [5.41, 5.74) is 17.9. The van der Waals surface area contributed by atoms with E-state index in [0.717, 1.165) is 33.7 Å². The Kier molecular flexibility index (Phi) is 7.11. The molecule has 0 radical (unpaired) electrons. The molecule has 1 heterocycles. The van der Waals surface area contributed by atoms with Gasteiger partial charge in [-0.3, -0.25) is 0 Å². The van der Waals surface area contributed by atoms with Crippen LogP contribution in [0.25, 0.3) is 44.8 Å². The van der Waals surface area contributed by atoms with E-state index in [9.17, 15) is 0 Å². The summed E-state index contributed by atoms with van der Waals surface area (Å²) in [6, 6.07) is 70.4. The largest absolute Gasteiger partial charge is 0.436 e. The van der Waals surface area contributed by atoms with Gasteiger partial charge in [0.05, 0.1) is 5.41 Å². The Morgan fingerprint density at radius 1 is 0.429 bits per heavy atom. The summed E-state index contributed by atoms with van der Waals surface area (Å²) in [6.45, 7) is 4.69. The van der Waals surface area contributed by atoms with Gasteiger partial charge in [-0.1, -0.05) is 153 Å². The molecular weight excluding hydrogens is 681 g/mol. The molecule has 9 aromatic rings. The van der Waals surface area contributed by atoms with Gasteiger partial charge in [-0.25, -0.2) is 4.98 Å². The zero-order valence-electron chi connectivity index (χ0n) is 31.3. The first-order chi connectivity index (χ1) is 27.5. The van der Waals surface area contributed by atoms with Crippen molar-refractivity contribution in [2.75, 3.05) is 4.90 Å². The highest BCUT2D eigenvalue weighted by Crippen LogP contribution is 2.58. The summed E-state index contributed by atoms with van der Waals surface area (Å²) in [7, 11) is 0. The maximum Gasteiger partial charge on any atom is 0.227 e. The lowest BCUT2D eigenvalue weighted by atomic mass is 9.67. The average molecular weight is 719 g/mol. The molecule has 8 aromatic carbocycles. The minimum Gasteiger partial charge on any atom is -0.436 e. The molecular formula is C53H38N2O. The van der Waals surface area contributed by atoms with Crippen molar-refractivity contribution in [1.29, 1.82) is 0 Å². The van der Waals surface area contributed by atoms with Gasteiger partial charge < -0.3 is 9.32 Å². The molecule has 0 unspecified atom stereocenters.